The average molecular weight is 321 g/mol. The van der Waals surface area contributed by atoms with Crippen LogP contribution in [0.5, 0.6) is 5.75 Å². The van der Waals surface area contributed by atoms with E-state index in [1.807, 2.05) is 0 Å². The van der Waals surface area contributed by atoms with Gasteiger partial charge < -0.3 is 10.1 Å². The molecule has 0 saturated carbocycles. The fraction of sp³-hybridized carbons (Fsp3) is 0.538. The second-order valence-corrected chi connectivity index (χ2v) is 6.65. The van der Waals surface area contributed by atoms with E-state index in [4.69, 9.17) is 16.3 Å². The maximum absolute atomic E-state index is 12.0. The molecule has 1 aromatic carbocycles. The van der Waals surface area contributed by atoms with Gasteiger partial charge in [0.25, 0.3) is 0 Å². The molecule has 1 rings (SSSR count). The predicted octanol–water partition coefficient (Wildman–Crippen LogP) is 2.48. The molecule has 0 amide bonds. The molecule has 2 N–H and O–H groups in total. The lowest BCUT2D eigenvalue weighted by molar-refractivity contribution is 0.417. The maximum atomic E-state index is 12.0. The summed E-state index contributed by atoms with van der Waals surface area (Å²) in [5.74, 6) is 0.501. The topological polar surface area (TPSA) is 67.4 Å². The van der Waals surface area contributed by atoms with Gasteiger partial charge >= 0.3 is 0 Å². The van der Waals surface area contributed by atoms with Gasteiger partial charge in [0.05, 0.1) is 18.6 Å². The molecular weight excluding hydrogens is 300 g/mol. The molecule has 0 saturated heterocycles. The van der Waals surface area contributed by atoms with Crippen molar-refractivity contribution in [1.82, 2.24) is 5.32 Å². The van der Waals surface area contributed by atoms with Gasteiger partial charge in [0.15, 0.2) is 0 Å². The maximum Gasteiger partial charge on any atom is 0.232 e. The lowest BCUT2D eigenvalue weighted by Gasteiger charge is -2.12. The van der Waals surface area contributed by atoms with Crippen LogP contribution in [0.1, 0.15) is 19.8 Å². The summed E-state index contributed by atoms with van der Waals surface area (Å²) in [6.07, 6.45) is 1.59. The van der Waals surface area contributed by atoms with Crippen molar-refractivity contribution in [3.63, 3.8) is 0 Å². The Morgan fingerprint density at radius 3 is 2.70 bits per heavy atom. The highest BCUT2D eigenvalue weighted by Crippen LogP contribution is 2.28. The van der Waals surface area contributed by atoms with Gasteiger partial charge in [-0.25, -0.2) is 8.42 Å². The largest absolute Gasteiger partial charge is 0.495 e. The number of methoxy groups -OCH3 is 1. The third kappa shape index (κ3) is 5.98. The molecule has 0 bridgehead atoms. The Hall–Kier alpha value is -0.980. The average Bonchev–Trinajstić information content (AvgIpc) is 2.38. The van der Waals surface area contributed by atoms with Gasteiger partial charge in [-0.3, -0.25) is 4.72 Å². The van der Waals surface area contributed by atoms with Crippen molar-refractivity contribution in [3.8, 4) is 5.75 Å². The summed E-state index contributed by atoms with van der Waals surface area (Å²) in [5, 5.41) is 3.62. The first-order valence-corrected chi connectivity index (χ1v) is 8.56. The Bertz CT molecular complexity index is 520. The molecule has 0 aliphatic heterocycles. The number of hydrogen-bond donors (Lipinski definition) is 2. The predicted molar refractivity (Wildman–Crippen MR) is 83.2 cm³/mol. The van der Waals surface area contributed by atoms with Crippen LogP contribution in [0.25, 0.3) is 0 Å². The number of ether oxygens (including phenoxy) is 1. The van der Waals surface area contributed by atoms with E-state index in [9.17, 15) is 8.42 Å². The number of anilines is 1. The van der Waals surface area contributed by atoms with Gasteiger partial charge in [0.2, 0.25) is 10.0 Å². The van der Waals surface area contributed by atoms with Crippen LogP contribution in [0.4, 0.5) is 5.69 Å². The van der Waals surface area contributed by atoms with Crippen LogP contribution in [0.3, 0.4) is 0 Å². The summed E-state index contributed by atoms with van der Waals surface area (Å²) in [5.41, 5.74) is 0.363. The molecule has 1 aromatic rings. The molecule has 0 spiro atoms. The van der Waals surface area contributed by atoms with E-state index in [2.05, 4.69) is 17.0 Å². The quantitative estimate of drug-likeness (QED) is 0.686. The molecule has 0 radical (unpaired) electrons. The molecule has 0 fully saturated rings. The van der Waals surface area contributed by atoms with E-state index >= 15 is 0 Å². The minimum atomic E-state index is -3.40. The van der Waals surface area contributed by atoms with Gasteiger partial charge in [0, 0.05) is 5.02 Å². The summed E-state index contributed by atoms with van der Waals surface area (Å²) >= 11 is 5.86. The first kappa shape index (κ1) is 17.1. The smallest absolute Gasteiger partial charge is 0.232 e. The van der Waals surface area contributed by atoms with Crippen LogP contribution in [0.2, 0.25) is 5.02 Å². The van der Waals surface area contributed by atoms with Crippen LogP contribution in [0, 0.1) is 0 Å². The van der Waals surface area contributed by atoms with E-state index < -0.39 is 10.0 Å². The molecule has 114 valence electrons. The highest BCUT2D eigenvalue weighted by molar-refractivity contribution is 7.92. The second kappa shape index (κ2) is 8.34. The summed E-state index contributed by atoms with van der Waals surface area (Å²) in [4.78, 5) is 0. The van der Waals surface area contributed by atoms with Crippen LogP contribution >= 0.6 is 11.6 Å². The Morgan fingerprint density at radius 1 is 1.30 bits per heavy atom. The number of sulfonamides is 1. The molecule has 5 nitrogen and oxygen atoms in total. The Labute approximate surface area is 125 Å². The summed E-state index contributed by atoms with van der Waals surface area (Å²) in [7, 11) is -1.92. The summed E-state index contributed by atoms with van der Waals surface area (Å²) < 4.78 is 31.6. The van der Waals surface area contributed by atoms with Crippen molar-refractivity contribution >= 4 is 27.3 Å². The van der Waals surface area contributed by atoms with Crippen molar-refractivity contribution in [3.05, 3.63) is 23.2 Å². The molecule has 7 heteroatoms. The first-order valence-electron chi connectivity index (χ1n) is 6.53. The highest BCUT2D eigenvalue weighted by Gasteiger charge is 2.13. The molecule has 20 heavy (non-hydrogen) atoms. The van der Waals surface area contributed by atoms with Crippen molar-refractivity contribution in [2.45, 2.75) is 19.8 Å². The van der Waals surface area contributed by atoms with E-state index in [0.29, 0.717) is 29.4 Å². The zero-order valence-corrected chi connectivity index (χ0v) is 13.4. The zero-order chi connectivity index (χ0) is 15.0. The monoisotopic (exact) mass is 320 g/mol. The van der Waals surface area contributed by atoms with E-state index in [1.54, 1.807) is 12.1 Å². The van der Waals surface area contributed by atoms with Crippen LogP contribution < -0.4 is 14.8 Å². The van der Waals surface area contributed by atoms with Gasteiger partial charge in [-0.05, 0) is 44.1 Å². The van der Waals surface area contributed by atoms with Crippen LogP contribution in [-0.4, -0.2) is 34.4 Å². The second-order valence-electron chi connectivity index (χ2n) is 4.37. The van der Waals surface area contributed by atoms with E-state index in [-0.39, 0.29) is 5.75 Å². The molecule has 0 heterocycles. The zero-order valence-electron chi connectivity index (χ0n) is 11.8. The minimum absolute atomic E-state index is 0.0549. The molecule has 0 aromatic heterocycles. The first-order chi connectivity index (χ1) is 9.48. The van der Waals surface area contributed by atoms with Crippen LogP contribution in [0.15, 0.2) is 18.2 Å². The van der Waals surface area contributed by atoms with Crippen molar-refractivity contribution in [2.75, 3.05) is 30.7 Å². The van der Waals surface area contributed by atoms with Gasteiger partial charge in [-0.15, -0.1) is 0 Å². The fourth-order valence-corrected chi connectivity index (χ4v) is 2.96. The molecule has 0 unspecified atom stereocenters. The van der Waals surface area contributed by atoms with Crippen molar-refractivity contribution in [2.24, 2.45) is 0 Å². The summed E-state index contributed by atoms with van der Waals surface area (Å²) in [6, 6.07) is 4.81. The van der Waals surface area contributed by atoms with Crippen molar-refractivity contribution in [1.29, 1.82) is 0 Å². The molecule has 0 aliphatic rings. The number of hydrogen-bond acceptors (Lipinski definition) is 4. The Balaban J connectivity index is 2.59. The number of nitrogens with one attached hydrogen (secondary N) is 2. The van der Waals surface area contributed by atoms with Gasteiger partial charge in [-0.1, -0.05) is 18.5 Å². The SMILES string of the molecule is CCCNCCCS(=O)(=O)Nc1cc(Cl)ccc1OC. The van der Waals surface area contributed by atoms with Crippen LogP contribution in [-0.2, 0) is 10.0 Å². The number of halogens is 1. The van der Waals surface area contributed by atoms with Crippen molar-refractivity contribution < 1.29 is 13.2 Å². The fourth-order valence-electron chi connectivity index (χ4n) is 1.67. The number of benzene rings is 1. The van der Waals surface area contributed by atoms with Gasteiger partial charge in [-0.2, -0.15) is 0 Å². The third-order valence-electron chi connectivity index (χ3n) is 2.62. The molecular formula is C13H21ClN2O3S. The highest BCUT2D eigenvalue weighted by atomic mass is 35.5. The standard InChI is InChI=1S/C13H21ClN2O3S/c1-3-7-15-8-4-9-20(17,18)16-12-10-11(14)5-6-13(12)19-2/h5-6,10,15-16H,3-4,7-9H2,1-2H3. The van der Waals surface area contributed by atoms with Gasteiger partial charge in [0.1, 0.15) is 5.75 Å². The minimum Gasteiger partial charge on any atom is -0.495 e. The Kier molecular flexibility index (Phi) is 7.12. The van der Waals surface area contributed by atoms with E-state index in [1.165, 1.54) is 13.2 Å². The lowest BCUT2D eigenvalue weighted by atomic mass is 10.3. The number of rotatable bonds is 9. The third-order valence-corrected chi connectivity index (χ3v) is 4.21. The normalized spacial score (nSPS) is 11.3. The van der Waals surface area contributed by atoms with E-state index in [0.717, 1.165) is 13.0 Å². The molecule has 0 atom stereocenters. The molecule has 0 aliphatic carbocycles. The Morgan fingerprint density at radius 2 is 2.05 bits per heavy atom. The lowest BCUT2D eigenvalue weighted by Crippen LogP contribution is -2.22. The summed E-state index contributed by atoms with van der Waals surface area (Å²) in [6.45, 7) is 3.65.